The number of para-hydroxylation sites is 1. The number of hydrogen-bond acceptors (Lipinski definition) is 3. The molecular formula is C17H20N2O2. The molecular weight excluding hydrogens is 264 g/mol. The summed E-state index contributed by atoms with van der Waals surface area (Å²) in [6.45, 7) is 0. The summed E-state index contributed by atoms with van der Waals surface area (Å²) >= 11 is 0. The first-order valence-electron chi connectivity index (χ1n) is 8.96. The molecule has 4 nitrogen and oxygen atoms in total. The summed E-state index contributed by atoms with van der Waals surface area (Å²) in [6.07, 6.45) is 5.44. The number of ether oxygens (including phenoxy) is 1. The van der Waals surface area contributed by atoms with E-state index in [1.54, 1.807) is 0 Å². The van der Waals surface area contributed by atoms with Crippen molar-refractivity contribution < 1.29 is 13.6 Å². The fourth-order valence-corrected chi connectivity index (χ4v) is 3.72. The normalized spacial score (nSPS) is 30.9. The van der Waals surface area contributed by atoms with Crippen LogP contribution in [0.2, 0.25) is 0 Å². The number of esters is 1. The first-order chi connectivity index (χ1) is 11.5. The number of fused-ring (bicyclic) bond motifs is 3. The molecule has 2 aromatic rings. The molecule has 21 heavy (non-hydrogen) atoms. The number of aromatic amines is 1. The predicted molar refractivity (Wildman–Crippen MR) is 81.3 cm³/mol. The summed E-state index contributed by atoms with van der Waals surface area (Å²) in [7, 11) is 2.14. The molecule has 2 bridgehead atoms. The average molecular weight is 287 g/mol. The van der Waals surface area contributed by atoms with Crippen molar-refractivity contribution in [1.29, 1.82) is 0 Å². The zero-order valence-electron chi connectivity index (χ0n) is 15.0. The van der Waals surface area contributed by atoms with Crippen LogP contribution < -0.4 is 0 Å². The molecule has 0 spiro atoms. The van der Waals surface area contributed by atoms with Crippen molar-refractivity contribution in [2.75, 3.05) is 7.05 Å². The fourth-order valence-electron chi connectivity index (χ4n) is 3.72. The van der Waals surface area contributed by atoms with Crippen LogP contribution in [0.15, 0.2) is 30.4 Å². The minimum Gasteiger partial charge on any atom is -0.459 e. The predicted octanol–water partition coefficient (Wildman–Crippen LogP) is 2.95. The Morgan fingerprint density at radius 1 is 1.38 bits per heavy atom. The van der Waals surface area contributed by atoms with Gasteiger partial charge in [0.25, 0.3) is 0 Å². The van der Waals surface area contributed by atoms with Crippen LogP contribution in [0.25, 0.3) is 10.9 Å². The molecule has 1 aromatic heterocycles. The van der Waals surface area contributed by atoms with Gasteiger partial charge in [-0.05, 0) is 25.9 Å². The molecule has 0 saturated carbocycles. The minimum atomic E-state index is -0.444. The molecule has 2 fully saturated rings. The van der Waals surface area contributed by atoms with Crippen molar-refractivity contribution in [1.82, 2.24) is 9.88 Å². The number of rotatable bonds is 2. The number of nitrogens with zero attached hydrogens (tertiary/aromatic N) is 1. The second-order valence-corrected chi connectivity index (χ2v) is 6.06. The molecule has 4 rings (SSSR count). The molecule has 0 radical (unpaired) electrons. The summed E-state index contributed by atoms with van der Waals surface area (Å²) in [5, 5.41) is 0.372. The van der Waals surface area contributed by atoms with Gasteiger partial charge in [-0.2, -0.15) is 0 Å². The van der Waals surface area contributed by atoms with Gasteiger partial charge in [-0.1, -0.05) is 18.2 Å². The molecule has 3 heterocycles. The van der Waals surface area contributed by atoms with Crippen LogP contribution in [-0.2, 0) is 4.74 Å². The van der Waals surface area contributed by atoms with Crippen molar-refractivity contribution in [2.24, 2.45) is 0 Å². The number of H-pyrrole nitrogens is 1. The number of carbonyl (C=O) groups excluding carboxylic acids is 1. The molecule has 0 amide bonds. The molecule has 2 aliphatic rings. The molecule has 4 heteroatoms. The third kappa shape index (κ3) is 2.14. The Morgan fingerprint density at radius 3 is 2.90 bits per heavy atom. The largest absolute Gasteiger partial charge is 0.459 e. The lowest BCUT2D eigenvalue weighted by Crippen LogP contribution is -2.43. The Bertz CT molecular complexity index is 806. The van der Waals surface area contributed by atoms with Crippen LogP contribution in [0, 0.1) is 0 Å². The molecule has 1 aromatic carbocycles. The quantitative estimate of drug-likeness (QED) is 0.864. The van der Waals surface area contributed by atoms with Gasteiger partial charge in [-0.25, -0.2) is 4.79 Å². The van der Waals surface area contributed by atoms with Crippen molar-refractivity contribution >= 4 is 16.9 Å². The molecule has 0 aliphatic carbocycles. The molecule has 2 aliphatic heterocycles. The molecule has 2 saturated heterocycles. The highest BCUT2D eigenvalue weighted by atomic mass is 16.5. The van der Waals surface area contributed by atoms with E-state index in [0.29, 0.717) is 23.0 Å². The van der Waals surface area contributed by atoms with E-state index in [4.69, 9.17) is 8.85 Å². The average Bonchev–Trinajstić information content (AvgIpc) is 3.05. The van der Waals surface area contributed by atoms with Crippen molar-refractivity contribution in [2.45, 2.75) is 43.9 Å². The smallest absolute Gasteiger partial charge is 0.340 e. The Kier molecular flexibility index (Phi) is 2.33. The topological polar surface area (TPSA) is 45.3 Å². The van der Waals surface area contributed by atoms with E-state index >= 15 is 0 Å². The highest BCUT2D eigenvalue weighted by molar-refractivity contribution is 6.04. The number of hydrogen-bond donors (Lipinski definition) is 1. The first-order valence-corrected chi connectivity index (χ1v) is 7.46. The molecule has 1 unspecified atom stereocenters. The third-order valence-corrected chi connectivity index (χ3v) is 4.91. The summed E-state index contributed by atoms with van der Waals surface area (Å²) in [5.41, 5.74) is 0.637. The number of piperidine rings is 1. The van der Waals surface area contributed by atoms with Gasteiger partial charge in [0.05, 0.1) is 9.68 Å². The number of benzene rings is 1. The Balaban J connectivity index is 1.60. The zero-order valence-corrected chi connectivity index (χ0v) is 12.0. The zero-order chi connectivity index (χ0) is 17.0. The van der Waals surface area contributed by atoms with Crippen molar-refractivity contribution in [3.8, 4) is 0 Å². The van der Waals surface area contributed by atoms with E-state index in [9.17, 15) is 4.79 Å². The summed E-state index contributed by atoms with van der Waals surface area (Å²) in [4.78, 5) is 17.9. The maximum atomic E-state index is 12.6. The van der Waals surface area contributed by atoms with E-state index in [-0.39, 0.29) is 29.8 Å². The van der Waals surface area contributed by atoms with E-state index in [1.165, 1.54) is 12.3 Å². The van der Waals surface area contributed by atoms with Gasteiger partial charge in [-0.15, -0.1) is 0 Å². The van der Waals surface area contributed by atoms with Crippen LogP contribution in [0.3, 0.4) is 0 Å². The standard InChI is InChI=1S/C17H20N2O2/c1-19-11-6-7-12(19)9-13(8-11)21-17(20)15-10-18-16-5-3-2-4-14(15)16/h2-5,10-13,18H,6-9H2,1H3/t11-,12+,13?/i3D,4D,5D. The van der Waals surface area contributed by atoms with E-state index in [2.05, 4.69) is 16.9 Å². The number of aromatic nitrogens is 1. The van der Waals surface area contributed by atoms with Gasteiger partial charge in [0.15, 0.2) is 0 Å². The van der Waals surface area contributed by atoms with Crippen LogP contribution in [0.1, 0.15) is 40.2 Å². The molecule has 110 valence electrons. The van der Waals surface area contributed by atoms with E-state index in [1.807, 2.05) is 0 Å². The fraction of sp³-hybridized carbons (Fsp3) is 0.471. The van der Waals surface area contributed by atoms with Crippen LogP contribution >= 0.6 is 0 Å². The Morgan fingerprint density at radius 2 is 2.14 bits per heavy atom. The maximum absolute atomic E-state index is 12.6. The van der Waals surface area contributed by atoms with Crippen LogP contribution in [0.4, 0.5) is 0 Å². The second kappa shape index (κ2) is 4.88. The first kappa shape index (κ1) is 10.0. The third-order valence-electron chi connectivity index (χ3n) is 4.91. The van der Waals surface area contributed by atoms with Gasteiger partial charge in [0.2, 0.25) is 0 Å². The van der Waals surface area contributed by atoms with Gasteiger partial charge in [0, 0.05) is 42.0 Å². The van der Waals surface area contributed by atoms with Crippen molar-refractivity contribution in [3.63, 3.8) is 0 Å². The number of carbonyl (C=O) groups is 1. The van der Waals surface area contributed by atoms with Gasteiger partial charge < -0.3 is 14.6 Å². The minimum absolute atomic E-state index is 0.00242. The van der Waals surface area contributed by atoms with Crippen molar-refractivity contribution in [3.05, 3.63) is 36.0 Å². The van der Waals surface area contributed by atoms with Gasteiger partial charge in [-0.3, -0.25) is 0 Å². The Labute approximate surface area is 128 Å². The molecule has 1 N–H and O–H groups in total. The Hall–Kier alpha value is -1.81. The molecule has 3 atom stereocenters. The highest BCUT2D eigenvalue weighted by Crippen LogP contribution is 2.35. The summed E-state index contributed by atoms with van der Waals surface area (Å²) < 4.78 is 29.4. The lowest BCUT2D eigenvalue weighted by atomic mass is 10.0. The maximum Gasteiger partial charge on any atom is 0.340 e. The van der Waals surface area contributed by atoms with E-state index in [0.717, 1.165) is 25.7 Å². The van der Waals surface area contributed by atoms with Crippen LogP contribution in [0.5, 0.6) is 0 Å². The summed E-state index contributed by atoms with van der Waals surface area (Å²) in [5.74, 6) is -0.444. The van der Waals surface area contributed by atoms with Crippen LogP contribution in [-0.4, -0.2) is 41.1 Å². The monoisotopic (exact) mass is 287 g/mol. The highest BCUT2D eigenvalue weighted by Gasteiger charge is 2.40. The van der Waals surface area contributed by atoms with Gasteiger partial charge >= 0.3 is 5.97 Å². The SMILES string of the molecule is [2H]c1cc([2H])c2c(C(=O)OC3C[C@H]4CC[C@@H](C3)N4C)c[nH]c2c1[2H]. The number of nitrogens with one attached hydrogen (secondary N) is 1. The lowest BCUT2D eigenvalue weighted by Gasteiger charge is -2.35. The second-order valence-electron chi connectivity index (χ2n) is 6.06. The van der Waals surface area contributed by atoms with Gasteiger partial charge in [0.1, 0.15) is 6.10 Å². The summed E-state index contributed by atoms with van der Waals surface area (Å²) in [6, 6.07) is 2.32. The van der Waals surface area contributed by atoms with E-state index < -0.39 is 5.97 Å². The lowest BCUT2D eigenvalue weighted by molar-refractivity contribution is -0.000258.